The van der Waals surface area contributed by atoms with Gasteiger partial charge in [-0.3, -0.25) is 4.79 Å². The largest absolute Gasteiger partial charge is 0.317 e. The summed E-state index contributed by atoms with van der Waals surface area (Å²) in [6, 6.07) is 0. The molecule has 0 aromatic rings. The fraction of sp³-hybridized carbons (Fsp3) is 0.929. The predicted molar refractivity (Wildman–Crippen MR) is 66.3 cm³/mol. The molecule has 0 spiro atoms. The third-order valence-electron chi connectivity index (χ3n) is 4.50. The first kappa shape index (κ1) is 12.1. The first-order valence-electron chi connectivity index (χ1n) is 7.05. The molecule has 0 amide bonds. The number of ketones is 1. The van der Waals surface area contributed by atoms with Gasteiger partial charge in [0.05, 0.1) is 0 Å². The van der Waals surface area contributed by atoms with Crippen LogP contribution in [-0.2, 0) is 4.79 Å². The van der Waals surface area contributed by atoms with Gasteiger partial charge in [0.2, 0.25) is 0 Å². The summed E-state index contributed by atoms with van der Waals surface area (Å²) in [5.74, 6) is 2.20. The highest BCUT2D eigenvalue weighted by atomic mass is 16.1. The zero-order valence-corrected chi connectivity index (χ0v) is 10.5. The van der Waals surface area contributed by atoms with Crippen molar-refractivity contribution in [3.05, 3.63) is 0 Å². The number of nitrogens with one attached hydrogen (secondary N) is 1. The standard InChI is InChI=1S/C14H25NO/c1-2-11-4-3-5-13(10-11)14(16)12-6-8-15-9-7-12/h11-13,15H,2-10H2,1H3. The van der Waals surface area contributed by atoms with Crippen LogP contribution in [0.4, 0.5) is 0 Å². The summed E-state index contributed by atoms with van der Waals surface area (Å²) < 4.78 is 0. The number of Topliss-reactive ketones (excluding diaryl/α,β-unsaturated/α-hetero) is 1. The second-order valence-corrected chi connectivity index (χ2v) is 5.56. The Labute approximate surface area is 99.2 Å². The van der Waals surface area contributed by atoms with E-state index in [1.54, 1.807) is 0 Å². The Morgan fingerprint density at radius 2 is 1.88 bits per heavy atom. The summed E-state index contributed by atoms with van der Waals surface area (Å²) in [5, 5.41) is 3.34. The van der Waals surface area contributed by atoms with E-state index in [2.05, 4.69) is 12.2 Å². The van der Waals surface area contributed by atoms with Crippen molar-refractivity contribution >= 4 is 5.78 Å². The maximum absolute atomic E-state index is 12.4. The van der Waals surface area contributed by atoms with E-state index in [-0.39, 0.29) is 0 Å². The molecule has 2 heteroatoms. The van der Waals surface area contributed by atoms with Gasteiger partial charge in [-0.15, -0.1) is 0 Å². The highest BCUT2D eigenvalue weighted by Gasteiger charge is 2.31. The van der Waals surface area contributed by atoms with Gasteiger partial charge in [-0.2, -0.15) is 0 Å². The van der Waals surface area contributed by atoms with Crippen molar-refractivity contribution in [3.8, 4) is 0 Å². The van der Waals surface area contributed by atoms with E-state index in [0.29, 0.717) is 17.6 Å². The van der Waals surface area contributed by atoms with Crippen LogP contribution in [0.3, 0.4) is 0 Å². The van der Waals surface area contributed by atoms with Gasteiger partial charge in [-0.25, -0.2) is 0 Å². The minimum atomic E-state index is 0.377. The smallest absolute Gasteiger partial charge is 0.139 e. The molecule has 0 aromatic heterocycles. The number of carbonyl (C=O) groups is 1. The van der Waals surface area contributed by atoms with Crippen molar-refractivity contribution in [1.82, 2.24) is 5.32 Å². The van der Waals surface area contributed by atoms with Crippen molar-refractivity contribution in [1.29, 1.82) is 0 Å². The Hall–Kier alpha value is -0.370. The Kier molecular flexibility index (Phi) is 4.39. The molecule has 2 aliphatic rings. The molecule has 92 valence electrons. The molecule has 2 fully saturated rings. The molecule has 1 saturated carbocycles. The normalized spacial score (nSPS) is 32.6. The van der Waals surface area contributed by atoms with E-state index in [0.717, 1.165) is 31.8 Å². The van der Waals surface area contributed by atoms with Crippen molar-refractivity contribution in [2.24, 2.45) is 17.8 Å². The van der Waals surface area contributed by atoms with Gasteiger partial charge in [-0.05, 0) is 44.7 Å². The summed E-state index contributed by atoms with van der Waals surface area (Å²) in [6.07, 6.45) is 8.39. The second kappa shape index (κ2) is 5.81. The van der Waals surface area contributed by atoms with E-state index in [9.17, 15) is 4.79 Å². The topological polar surface area (TPSA) is 29.1 Å². The monoisotopic (exact) mass is 223 g/mol. The summed E-state index contributed by atoms with van der Waals surface area (Å²) in [5.41, 5.74) is 0. The summed E-state index contributed by atoms with van der Waals surface area (Å²) in [4.78, 5) is 12.4. The molecule has 2 unspecified atom stereocenters. The van der Waals surface area contributed by atoms with Gasteiger partial charge in [0.25, 0.3) is 0 Å². The first-order valence-corrected chi connectivity index (χ1v) is 7.05. The van der Waals surface area contributed by atoms with E-state index in [4.69, 9.17) is 0 Å². The summed E-state index contributed by atoms with van der Waals surface area (Å²) in [6.45, 7) is 4.35. The lowest BCUT2D eigenvalue weighted by Crippen LogP contribution is -2.36. The van der Waals surface area contributed by atoms with Crippen molar-refractivity contribution < 1.29 is 4.79 Å². The quantitative estimate of drug-likeness (QED) is 0.797. The Bertz CT molecular complexity index is 233. The number of hydrogen-bond acceptors (Lipinski definition) is 2. The Balaban J connectivity index is 1.87. The van der Waals surface area contributed by atoms with E-state index in [1.807, 2.05) is 0 Å². The fourth-order valence-corrected chi connectivity index (χ4v) is 3.36. The SMILES string of the molecule is CCC1CCCC(C(=O)C2CCNCC2)C1. The minimum absolute atomic E-state index is 0.377. The molecule has 0 aromatic carbocycles. The van der Waals surface area contributed by atoms with Gasteiger partial charge in [-0.1, -0.05) is 26.2 Å². The molecule has 0 bridgehead atoms. The van der Waals surface area contributed by atoms with Gasteiger partial charge in [0.1, 0.15) is 5.78 Å². The van der Waals surface area contributed by atoms with Gasteiger partial charge >= 0.3 is 0 Å². The van der Waals surface area contributed by atoms with Gasteiger partial charge < -0.3 is 5.32 Å². The number of carbonyl (C=O) groups excluding carboxylic acids is 1. The molecule has 1 aliphatic heterocycles. The van der Waals surface area contributed by atoms with E-state index >= 15 is 0 Å². The molecule has 1 aliphatic carbocycles. The lowest BCUT2D eigenvalue weighted by atomic mass is 9.74. The lowest BCUT2D eigenvalue weighted by Gasteiger charge is -2.31. The molecule has 1 heterocycles. The van der Waals surface area contributed by atoms with E-state index < -0.39 is 0 Å². The molecular weight excluding hydrogens is 198 g/mol. The third kappa shape index (κ3) is 2.85. The summed E-state index contributed by atoms with van der Waals surface area (Å²) >= 11 is 0. The fourth-order valence-electron chi connectivity index (χ4n) is 3.36. The van der Waals surface area contributed by atoms with E-state index in [1.165, 1.54) is 32.1 Å². The molecule has 0 radical (unpaired) electrons. The Morgan fingerprint density at radius 3 is 2.56 bits per heavy atom. The van der Waals surface area contributed by atoms with Crippen LogP contribution in [0.2, 0.25) is 0 Å². The highest BCUT2D eigenvalue weighted by Crippen LogP contribution is 2.34. The van der Waals surface area contributed by atoms with Crippen LogP contribution in [0.1, 0.15) is 51.9 Å². The van der Waals surface area contributed by atoms with Gasteiger partial charge in [0, 0.05) is 11.8 Å². The van der Waals surface area contributed by atoms with Crippen LogP contribution in [0, 0.1) is 17.8 Å². The van der Waals surface area contributed by atoms with Crippen molar-refractivity contribution in [3.63, 3.8) is 0 Å². The second-order valence-electron chi connectivity index (χ2n) is 5.56. The molecule has 2 rings (SSSR count). The highest BCUT2D eigenvalue weighted by molar-refractivity contribution is 5.83. The van der Waals surface area contributed by atoms with Gasteiger partial charge in [0.15, 0.2) is 0 Å². The van der Waals surface area contributed by atoms with Crippen molar-refractivity contribution in [2.45, 2.75) is 51.9 Å². The molecule has 2 atom stereocenters. The van der Waals surface area contributed by atoms with Crippen molar-refractivity contribution in [2.75, 3.05) is 13.1 Å². The average Bonchev–Trinajstić information content (AvgIpc) is 2.39. The van der Waals surface area contributed by atoms with Crippen LogP contribution < -0.4 is 5.32 Å². The molecule has 1 saturated heterocycles. The minimum Gasteiger partial charge on any atom is -0.317 e. The van der Waals surface area contributed by atoms with Crippen LogP contribution in [-0.4, -0.2) is 18.9 Å². The number of piperidine rings is 1. The molecule has 1 N–H and O–H groups in total. The maximum Gasteiger partial charge on any atom is 0.139 e. The first-order chi connectivity index (χ1) is 7.81. The van der Waals surface area contributed by atoms with Crippen LogP contribution in [0.25, 0.3) is 0 Å². The summed E-state index contributed by atoms with van der Waals surface area (Å²) in [7, 11) is 0. The lowest BCUT2D eigenvalue weighted by molar-refractivity contribution is -0.129. The third-order valence-corrected chi connectivity index (χ3v) is 4.50. The average molecular weight is 223 g/mol. The predicted octanol–water partition coefficient (Wildman–Crippen LogP) is 2.77. The molecule has 16 heavy (non-hydrogen) atoms. The van der Waals surface area contributed by atoms with Crippen LogP contribution in [0.5, 0.6) is 0 Å². The number of rotatable bonds is 3. The Morgan fingerprint density at radius 1 is 1.12 bits per heavy atom. The van der Waals surface area contributed by atoms with Crippen LogP contribution in [0.15, 0.2) is 0 Å². The maximum atomic E-state index is 12.4. The zero-order valence-electron chi connectivity index (χ0n) is 10.5. The molecular formula is C14H25NO. The van der Waals surface area contributed by atoms with Crippen LogP contribution >= 0.6 is 0 Å². The zero-order chi connectivity index (χ0) is 11.4. The number of hydrogen-bond donors (Lipinski definition) is 1. The molecule has 2 nitrogen and oxygen atoms in total.